The van der Waals surface area contributed by atoms with Crippen LogP contribution in [0, 0.1) is 23.1 Å². The number of benzene rings is 2. The molecule has 10 nitrogen and oxygen atoms in total. The van der Waals surface area contributed by atoms with E-state index in [1.165, 1.54) is 3.57 Å². The first-order valence-electron chi connectivity index (χ1n) is 16.9. The molecule has 2 amide bonds. The fourth-order valence-electron chi connectivity index (χ4n) is 4.75. The SMILES string of the molecule is CC(C)(C)OC(=O)N1CCCC(=O)CC1.C[CH-]C.[C-]#[N+]c1ccc(C2(O)CCCN(C(=O)OC(C)(C)C)CC2)cc1.[C-]#[N+]c1ccc(I)cc1.[Cl-].[Mg+2]. The van der Waals surface area contributed by atoms with E-state index in [2.05, 4.69) is 32.3 Å². The van der Waals surface area contributed by atoms with Gasteiger partial charge in [0.25, 0.3) is 0 Å². The second kappa shape index (κ2) is 25.4. The maximum atomic E-state index is 12.2. The summed E-state index contributed by atoms with van der Waals surface area (Å²) in [5, 5.41) is 11.0. The van der Waals surface area contributed by atoms with Crippen LogP contribution in [0.3, 0.4) is 0 Å². The monoisotopic (exact) mass is 860 g/mol. The summed E-state index contributed by atoms with van der Waals surface area (Å²) in [6, 6.07) is 14.5. The van der Waals surface area contributed by atoms with E-state index in [4.69, 9.17) is 22.6 Å². The minimum Gasteiger partial charge on any atom is -1.00 e. The topological polar surface area (TPSA) is 105 Å². The standard InChI is InChI=1S/C18H24N2O3.C11H19NO3.C7H4IN.C3H7.ClH.Mg/c1-17(2,3)23-16(21)20-12-5-10-18(22,11-13-20)14-6-8-15(19-4)9-7-14;1-11(2,3)15-10(14)12-7-4-5-9(13)6-8-12;1-9-7-4-2-6(8)3-5-7;1-3-2;;/h6-9,22H,5,10-13H2,1-3H3;4-8H2,1-3H3;2-5H;3H,1-2H3;1H;/q;;;-1;;+2/p-1. The number of carbonyl (C=O) groups is 3. The van der Waals surface area contributed by atoms with Crippen molar-refractivity contribution in [2.75, 3.05) is 26.2 Å². The zero-order valence-corrected chi connectivity index (χ0v) is 36.3. The molecule has 1 unspecified atom stereocenters. The average Bonchev–Trinajstić information content (AvgIpc) is 3.39. The molecule has 0 aromatic heterocycles. The number of ether oxygens (including phenoxy) is 2. The van der Waals surface area contributed by atoms with Gasteiger partial charge in [-0.15, -0.1) is 0 Å². The molecule has 13 heteroatoms. The first-order chi connectivity index (χ1) is 23.4. The van der Waals surface area contributed by atoms with Crippen molar-refractivity contribution >= 4 is 75.0 Å². The van der Waals surface area contributed by atoms with Crippen LogP contribution in [0.1, 0.15) is 99.5 Å². The third-order valence-corrected chi connectivity index (χ3v) is 7.87. The molecule has 0 saturated carbocycles. The maximum Gasteiger partial charge on any atom is 2.00 e. The van der Waals surface area contributed by atoms with Crippen LogP contribution in [0.25, 0.3) is 9.69 Å². The van der Waals surface area contributed by atoms with Crippen molar-refractivity contribution in [3.05, 3.63) is 86.9 Å². The van der Waals surface area contributed by atoms with Gasteiger partial charge >= 0.3 is 35.2 Å². The number of amides is 2. The van der Waals surface area contributed by atoms with Crippen LogP contribution < -0.4 is 12.4 Å². The molecule has 0 aliphatic carbocycles. The van der Waals surface area contributed by atoms with Crippen molar-refractivity contribution in [1.29, 1.82) is 0 Å². The molecule has 1 N–H and O–H groups in total. The van der Waals surface area contributed by atoms with E-state index in [1.807, 2.05) is 86.1 Å². The Labute approximate surface area is 347 Å². The molecule has 4 rings (SSSR count). The quantitative estimate of drug-likeness (QED) is 0.199. The smallest absolute Gasteiger partial charge is 1.00 e. The summed E-state index contributed by atoms with van der Waals surface area (Å²) in [5.74, 6) is 0.237. The molecule has 282 valence electrons. The van der Waals surface area contributed by atoms with Gasteiger partial charge < -0.3 is 43.2 Å². The molecule has 2 saturated heterocycles. The predicted molar refractivity (Wildman–Crippen MR) is 212 cm³/mol. The Morgan fingerprint density at radius 2 is 1.19 bits per heavy atom. The molecule has 0 spiro atoms. The third-order valence-electron chi connectivity index (χ3n) is 7.15. The van der Waals surface area contributed by atoms with Crippen LogP contribution in [0.4, 0.5) is 21.0 Å². The van der Waals surface area contributed by atoms with Crippen LogP contribution in [0.15, 0.2) is 48.5 Å². The number of carbonyl (C=O) groups excluding carboxylic acids is 3. The van der Waals surface area contributed by atoms with E-state index in [-0.39, 0.29) is 53.4 Å². The number of likely N-dealkylation sites (tertiary alicyclic amines) is 2. The van der Waals surface area contributed by atoms with Gasteiger partial charge in [0, 0.05) is 42.6 Å². The summed E-state index contributed by atoms with van der Waals surface area (Å²) in [5.41, 5.74) is 0.118. The third kappa shape index (κ3) is 21.2. The van der Waals surface area contributed by atoms with Crippen LogP contribution >= 0.6 is 22.6 Å². The van der Waals surface area contributed by atoms with Gasteiger partial charge in [-0.25, -0.2) is 19.3 Å². The fourth-order valence-corrected chi connectivity index (χ4v) is 5.11. The molecular weight excluding hydrogens is 807 g/mol. The summed E-state index contributed by atoms with van der Waals surface area (Å²) in [4.78, 5) is 44.9. The van der Waals surface area contributed by atoms with Gasteiger partial charge in [-0.2, -0.15) is 13.8 Å². The Morgan fingerprint density at radius 3 is 1.63 bits per heavy atom. The number of aliphatic hydroxyl groups is 1. The summed E-state index contributed by atoms with van der Waals surface area (Å²) in [6.45, 7) is 30.8. The van der Waals surface area contributed by atoms with Crippen LogP contribution in [0.2, 0.25) is 0 Å². The van der Waals surface area contributed by atoms with E-state index in [9.17, 15) is 19.5 Å². The minimum atomic E-state index is -0.961. The minimum absolute atomic E-state index is 0. The van der Waals surface area contributed by atoms with Crippen molar-refractivity contribution in [3.8, 4) is 0 Å². The van der Waals surface area contributed by atoms with Gasteiger partial charge in [-0.05, 0) is 95.4 Å². The van der Waals surface area contributed by atoms with Gasteiger partial charge in [0.1, 0.15) is 17.0 Å². The number of hydrogen-bond donors (Lipinski definition) is 1. The van der Waals surface area contributed by atoms with Gasteiger partial charge in [0.2, 0.25) is 0 Å². The van der Waals surface area contributed by atoms with Crippen molar-refractivity contribution in [2.24, 2.45) is 0 Å². The van der Waals surface area contributed by atoms with Gasteiger partial charge in [0.15, 0.2) is 11.4 Å². The van der Waals surface area contributed by atoms with E-state index in [0.717, 1.165) is 12.0 Å². The number of halogens is 2. The second-order valence-corrected chi connectivity index (χ2v) is 15.3. The van der Waals surface area contributed by atoms with Crippen molar-refractivity contribution in [3.63, 3.8) is 0 Å². The molecule has 0 radical (unpaired) electrons. The number of nitrogens with zero attached hydrogens (tertiary/aromatic N) is 4. The molecular formula is C39H54ClIMgN4O6. The maximum absolute atomic E-state index is 12.2. The van der Waals surface area contributed by atoms with Crippen molar-refractivity contribution in [2.45, 2.75) is 111 Å². The van der Waals surface area contributed by atoms with Gasteiger partial charge in [-0.1, -0.05) is 48.5 Å². The van der Waals surface area contributed by atoms with Gasteiger partial charge in [0.05, 0.1) is 18.7 Å². The molecule has 2 aliphatic rings. The van der Waals surface area contributed by atoms with Crippen molar-refractivity contribution < 1.29 is 41.4 Å². The second-order valence-electron chi connectivity index (χ2n) is 14.0. The Kier molecular flexibility index (Phi) is 25.2. The predicted octanol–water partition coefficient (Wildman–Crippen LogP) is 6.52. The summed E-state index contributed by atoms with van der Waals surface area (Å²) in [6.07, 6.45) is 4.91. The van der Waals surface area contributed by atoms with Crippen LogP contribution in [0.5, 0.6) is 0 Å². The van der Waals surface area contributed by atoms with Gasteiger partial charge in [-0.3, -0.25) is 4.79 Å². The molecule has 2 heterocycles. The number of hydrogen-bond acceptors (Lipinski definition) is 6. The molecule has 0 bridgehead atoms. The zero-order valence-electron chi connectivity index (χ0n) is 32.0. The van der Waals surface area contributed by atoms with Crippen molar-refractivity contribution in [1.82, 2.24) is 9.80 Å². The zero-order chi connectivity index (χ0) is 38.0. The molecule has 2 fully saturated rings. The summed E-state index contributed by atoms with van der Waals surface area (Å²) < 4.78 is 11.8. The molecule has 52 heavy (non-hydrogen) atoms. The van der Waals surface area contributed by atoms with Crippen LogP contribution in [-0.4, -0.2) is 93.3 Å². The summed E-state index contributed by atoms with van der Waals surface area (Å²) >= 11 is 2.21. The fraction of sp³-hybridized carbons (Fsp3) is 0.538. The molecule has 2 aromatic carbocycles. The molecule has 2 aromatic rings. The van der Waals surface area contributed by atoms with E-state index in [1.54, 1.807) is 34.1 Å². The normalized spacial score (nSPS) is 17.0. The number of ketones is 1. The number of rotatable bonds is 1. The Bertz CT molecular complexity index is 1450. The van der Waals surface area contributed by atoms with E-state index >= 15 is 0 Å². The average molecular weight is 862 g/mol. The van der Waals surface area contributed by atoms with E-state index in [0.29, 0.717) is 69.7 Å². The first-order valence-corrected chi connectivity index (χ1v) is 18.0. The Balaban J connectivity index is 0. The first kappa shape index (κ1) is 51.5. The summed E-state index contributed by atoms with van der Waals surface area (Å²) in [7, 11) is 0. The van der Waals surface area contributed by atoms with Crippen LogP contribution in [-0.2, 0) is 19.9 Å². The Hall–Kier alpha value is -2.62. The largest absolute Gasteiger partial charge is 2.00 e. The molecule has 1 atom stereocenters. The molecule has 2 aliphatic heterocycles. The Morgan fingerprint density at radius 1 is 0.769 bits per heavy atom. The number of Topliss-reactive ketones (excluding diaryl/α,β-unsaturated/α-hetero) is 1. The van der Waals surface area contributed by atoms with E-state index < -0.39 is 16.8 Å².